The van der Waals surface area contributed by atoms with Crippen LogP contribution in [0.4, 0.5) is 0 Å². The van der Waals surface area contributed by atoms with Crippen LogP contribution in [0.1, 0.15) is 34.1 Å². The minimum atomic E-state index is 0.664. The molecule has 3 heteroatoms. The van der Waals surface area contributed by atoms with Crippen molar-refractivity contribution in [2.24, 2.45) is 5.92 Å². The summed E-state index contributed by atoms with van der Waals surface area (Å²) in [5.74, 6) is 0.800. The Kier molecular flexibility index (Phi) is 7.09. The summed E-state index contributed by atoms with van der Waals surface area (Å²) in [6.45, 7) is 17.7. The molecular formula is C14H31N3. The van der Waals surface area contributed by atoms with E-state index in [1.807, 2.05) is 0 Å². The lowest BCUT2D eigenvalue weighted by atomic mass is 10.2. The molecule has 102 valence electrons. The first-order valence-electron chi connectivity index (χ1n) is 7.30. The number of nitrogens with zero attached hydrogens (tertiary/aromatic N) is 2. The molecule has 0 aliphatic carbocycles. The van der Waals surface area contributed by atoms with Crippen LogP contribution in [-0.4, -0.2) is 61.7 Å². The van der Waals surface area contributed by atoms with Gasteiger partial charge >= 0.3 is 0 Å². The Morgan fingerprint density at radius 2 is 1.59 bits per heavy atom. The molecule has 0 aromatic carbocycles. The van der Waals surface area contributed by atoms with E-state index in [0.717, 1.165) is 12.5 Å². The molecule has 0 amide bonds. The molecule has 0 spiro atoms. The van der Waals surface area contributed by atoms with Gasteiger partial charge in [-0.3, -0.25) is 4.90 Å². The Bertz CT molecular complexity index is 186. The summed E-state index contributed by atoms with van der Waals surface area (Å²) in [4.78, 5) is 5.19. The van der Waals surface area contributed by atoms with Gasteiger partial charge < -0.3 is 10.2 Å². The second-order valence-corrected chi connectivity index (χ2v) is 5.80. The lowest BCUT2D eigenvalue weighted by Crippen LogP contribution is -2.49. The van der Waals surface area contributed by atoms with E-state index < -0.39 is 0 Å². The summed E-state index contributed by atoms with van der Waals surface area (Å²) in [6, 6.07) is 0.664. The Balaban J connectivity index is 2.06. The number of nitrogens with one attached hydrogen (secondary N) is 1. The van der Waals surface area contributed by atoms with E-state index in [2.05, 4.69) is 42.8 Å². The normalized spacial score (nSPS) is 21.0. The second-order valence-electron chi connectivity index (χ2n) is 5.80. The van der Waals surface area contributed by atoms with Crippen molar-refractivity contribution >= 4 is 0 Å². The van der Waals surface area contributed by atoms with Gasteiger partial charge in [0.25, 0.3) is 0 Å². The molecular weight excluding hydrogens is 210 g/mol. The average molecular weight is 241 g/mol. The summed E-state index contributed by atoms with van der Waals surface area (Å²) in [7, 11) is 0. The highest BCUT2D eigenvalue weighted by molar-refractivity contribution is 4.73. The molecule has 3 nitrogen and oxygen atoms in total. The van der Waals surface area contributed by atoms with E-state index in [9.17, 15) is 0 Å². The summed E-state index contributed by atoms with van der Waals surface area (Å²) >= 11 is 0. The Morgan fingerprint density at radius 3 is 2.12 bits per heavy atom. The predicted molar refractivity (Wildman–Crippen MR) is 75.5 cm³/mol. The molecule has 1 N–H and O–H groups in total. The standard InChI is InChI=1S/C14H31N3/c1-5-14(4)15-6-7-16-8-10-17(11-9-16)12-13(2)3/h13-15H,5-12H2,1-4H3. The minimum absolute atomic E-state index is 0.664. The second kappa shape index (κ2) is 8.06. The molecule has 1 atom stereocenters. The van der Waals surface area contributed by atoms with Crippen LogP contribution in [0.2, 0.25) is 0 Å². The van der Waals surface area contributed by atoms with E-state index in [-0.39, 0.29) is 0 Å². The Labute approximate surface area is 108 Å². The third kappa shape index (κ3) is 6.39. The molecule has 0 bridgehead atoms. The third-order valence-corrected chi connectivity index (χ3v) is 3.62. The molecule has 1 aliphatic rings. The zero-order valence-corrected chi connectivity index (χ0v) is 12.2. The molecule has 1 unspecified atom stereocenters. The minimum Gasteiger partial charge on any atom is -0.313 e. The first kappa shape index (κ1) is 14.9. The van der Waals surface area contributed by atoms with Gasteiger partial charge in [-0.05, 0) is 19.3 Å². The van der Waals surface area contributed by atoms with Crippen LogP contribution in [-0.2, 0) is 0 Å². The summed E-state index contributed by atoms with van der Waals surface area (Å²) in [6.07, 6.45) is 1.22. The third-order valence-electron chi connectivity index (χ3n) is 3.62. The first-order valence-corrected chi connectivity index (χ1v) is 7.30. The van der Waals surface area contributed by atoms with Gasteiger partial charge in [-0.25, -0.2) is 0 Å². The molecule has 1 saturated heterocycles. The topological polar surface area (TPSA) is 18.5 Å². The highest BCUT2D eigenvalue weighted by Gasteiger charge is 2.16. The lowest BCUT2D eigenvalue weighted by Gasteiger charge is -2.35. The van der Waals surface area contributed by atoms with E-state index in [1.165, 1.54) is 45.7 Å². The maximum absolute atomic E-state index is 3.57. The van der Waals surface area contributed by atoms with Crippen molar-refractivity contribution in [2.45, 2.75) is 40.2 Å². The molecule has 0 saturated carbocycles. The van der Waals surface area contributed by atoms with Crippen molar-refractivity contribution < 1.29 is 0 Å². The van der Waals surface area contributed by atoms with Gasteiger partial charge in [-0.1, -0.05) is 20.8 Å². The maximum atomic E-state index is 3.57. The van der Waals surface area contributed by atoms with Gasteiger partial charge in [0.2, 0.25) is 0 Å². The van der Waals surface area contributed by atoms with E-state index in [1.54, 1.807) is 0 Å². The molecule has 1 rings (SSSR count). The zero-order chi connectivity index (χ0) is 12.7. The Morgan fingerprint density at radius 1 is 1.00 bits per heavy atom. The van der Waals surface area contributed by atoms with Crippen molar-refractivity contribution in [3.63, 3.8) is 0 Å². The fourth-order valence-corrected chi connectivity index (χ4v) is 2.33. The fraction of sp³-hybridized carbons (Fsp3) is 1.00. The van der Waals surface area contributed by atoms with Crippen LogP contribution in [0.5, 0.6) is 0 Å². The Hall–Kier alpha value is -0.120. The van der Waals surface area contributed by atoms with Crippen molar-refractivity contribution in [2.75, 3.05) is 45.8 Å². The van der Waals surface area contributed by atoms with Crippen molar-refractivity contribution in [1.82, 2.24) is 15.1 Å². The van der Waals surface area contributed by atoms with E-state index >= 15 is 0 Å². The molecule has 1 heterocycles. The SMILES string of the molecule is CCC(C)NCCN1CCN(CC(C)C)CC1. The van der Waals surface area contributed by atoms with Crippen LogP contribution in [0, 0.1) is 5.92 Å². The number of hydrogen-bond acceptors (Lipinski definition) is 3. The number of piperazine rings is 1. The van der Waals surface area contributed by atoms with Gasteiger partial charge in [-0.2, -0.15) is 0 Å². The lowest BCUT2D eigenvalue weighted by molar-refractivity contribution is 0.122. The monoisotopic (exact) mass is 241 g/mol. The smallest absolute Gasteiger partial charge is 0.0110 e. The average Bonchev–Trinajstić information content (AvgIpc) is 2.30. The van der Waals surface area contributed by atoms with Crippen molar-refractivity contribution in [3.05, 3.63) is 0 Å². The van der Waals surface area contributed by atoms with Crippen LogP contribution in [0.3, 0.4) is 0 Å². The fourth-order valence-electron chi connectivity index (χ4n) is 2.33. The molecule has 0 radical (unpaired) electrons. The van der Waals surface area contributed by atoms with Crippen molar-refractivity contribution in [3.8, 4) is 0 Å². The first-order chi connectivity index (χ1) is 8.11. The van der Waals surface area contributed by atoms with Crippen LogP contribution in [0.25, 0.3) is 0 Å². The predicted octanol–water partition coefficient (Wildman–Crippen LogP) is 1.65. The summed E-state index contributed by atoms with van der Waals surface area (Å²) < 4.78 is 0. The molecule has 1 aliphatic heterocycles. The molecule has 0 aromatic rings. The van der Waals surface area contributed by atoms with Gasteiger partial charge in [-0.15, -0.1) is 0 Å². The highest BCUT2D eigenvalue weighted by atomic mass is 15.3. The highest BCUT2D eigenvalue weighted by Crippen LogP contribution is 2.04. The van der Waals surface area contributed by atoms with Gasteiger partial charge in [0.1, 0.15) is 0 Å². The largest absolute Gasteiger partial charge is 0.313 e. The quantitative estimate of drug-likeness (QED) is 0.731. The van der Waals surface area contributed by atoms with Crippen LogP contribution >= 0.6 is 0 Å². The van der Waals surface area contributed by atoms with Gasteiger partial charge in [0.05, 0.1) is 0 Å². The zero-order valence-electron chi connectivity index (χ0n) is 12.2. The number of rotatable bonds is 7. The van der Waals surface area contributed by atoms with Crippen LogP contribution in [0.15, 0.2) is 0 Å². The van der Waals surface area contributed by atoms with Gasteiger partial charge in [0, 0.05) is 51.9 Å². The van der Waals surface area contributed by atoms with Crippen LogP contribution < -0.4 is 5.32 Å². The van der Waals surface area contributed by atoms with E-state index in [4.69, 9.17) is 0 Å². The number of hydrogen-bond donors (Lipinski definition) is 1. The van der Waals surface area contributed by atoms with Gasteiger partial charge in [0.15, 0.2) is 0 Å². The van der Waals surface area contributed by atoms with Crippen molar-refractivity contribution in [1.29, 1.82) is 0 Å². The summed E-state index contributed by atoms with van der Waals surface area (Å²) in [5.41, 5.74) is 0. The molecule has 0 aromatic heterocycles. The molecule has 1 fully saturated rings. The maximum Gasteiger partial charge on any atom is 0.0110 e. The molecule has 17 heavy (non-hydrogen) atoms. The summed E-state index contributed by atoms with van der Waals surface area (Å²) in [5, 5.41) is 3.57. The van der Waals surface area contributed by atoms with E-state index in [0.29, 0.717) is 6.04 Å².